The Bertz CT molecular complexity index is 365. The number of hydrogen-bond donors (Lipinski definition) is 1. The maximum Gasteiger partial charge on any atom is 0.119 e. The van der Waals surface area contributed by atoms with Crippen LogP contribution in [0, 0.1) is 5.41 Å². The van der Waals surface area contributed by atoms with E-state index >= 15 is 0 Å². The second-order valence-electron chi connectivity index (χ2n) is 5.90. The standard InChI is InChI=1S/C17H26OS/c1-2-6-15-7-9-16(10-8-15)18-13-17(14-19)11-4-3-5-12-17/h7-10,19H,2-6,11-14H2,1H3. The van der Waals surface area contributed by atoms with Gasteiger partial charge in [0.25, 0.3) is 0 Å². The molecule has 0 heterocycles. The highest BCUT2D eigenvalue weighted by Crippen LogP contribution is 2.37. The lowest BCUT2D eigenvalue weighted by Gasteiger charge is -2.35. The molecule has 1 aliphatic carbocycles. The summed E-state index contributed by atoms with van der Waals surface area (Å²) >= 11 is 4.56. The molecule has 19 heavy (non-hydrogen) atoms. The van der Waals surface area contributed by atoms with E-state index < -0.39 is 0 Å². The van der Waals surface area contributed by atoms with Crippen LogP contribution in [-0.4, -0.2) is 12.4 Å². The molecule has 0 N–H and O–H groups in total. The van der Waals surface area contributed by atoms with E-state index in [2.05, 4.69) is 43.8 Å². The van der Waals surface area contributed by atoms with Gasteiger partial charge in [0.2, 0.25) is 0 Å². The third-order valence-electron chi connectivity index (χ3n) is 4.26. The molecule has 1 fully saturated rings. The molecule has 2 heteroatoms. The Kier molecular flexibility index (Phi) is 5.62. The van der Waals surface area contributed by atoms with Gasteiger partial charge in [0.15, 0.2) is 0 Å². The first-order chi connectivity index (χ1) is 9.28. The lowest BCUT2D eigenvalue weighted by molar-refractivity contribution is 0.121. The topological polar surface area (TPSA) is 9.23 Å². The SMILES string of the molecule is CCCc1ccc(OCC2(CS)CCCCC2)cc1. The van der Waals surface area contributed by atoms with Gasteiger partial charge >= 0.3 is 0 Å². The van der Waals surface area contributed by atoms with Gasteiger partial charge in [-0.15, -0.1) is 0 Å². The largest absolute Gasteiger partial charge is 0.493 e. The van der Waals surface area contributed by atoms with E-state index in [0.29, 0.717) is 5.41 Å². The minimum Gasteiger partial charge on any atom is -0.493 e. The second kappa shape index (κ2) is 7.23. The van der Waals surface area contributed by atoms with Crippen LogP contribution < -0.4 is 4.74 Å². The molecule has 0 radical (unpaired) electrons. The van der Waals surface area contributed by atoms with Crippen molar-refractivity contribution < 1.29 is 4.74 Å². The van der Waals surface area contributed by atoms with E-state index in [1.165, 1.54) is 44.1 Å². The zero-order chi connectivity index (χ0) is 13.6. The minimum absolute atomic E-state index is 0.309. The van der Waals surface area contributed by atoms with Crippen LogP contribution in [0.4, 0.5) is 0 Å². The van der Waals surface area contributed by atoms with E-state index in [1.807, 2.05) is 0 Å². The summed E-state index contributed by atoms with van der Waals surface area (Å²) < 4.78 is 6.02. The quantitative estimate of drug-likeness (QED) is 0.728. The summed E-state index contributed by atoms with van der Waals surface area (Å²) in [7, 11) is 0. The maximum absolute atomic E-state index is 6.02. The summed E-state index contributed by atoms with van der Waals surface area (Å²) in [6.45, 7) is 3.04. The number of aryl methyl sites for hydroxylation is 1. The first-order valence-electron chi connectivity index (χ1n) is 7.61. The van der Waals surface area contributed by atoms with Crippen LogP contribution in [0.2, 0.25) is 0 Å². The summed E-state index contributed by atoms with van der Waals surface area (Å²) in [5, 5.41) is 0. The molecule has 0 unspecified atom stereocenters. The van der Waals surface area contributed by atoms with Crippen molar-refractivity contribution in [2.75, 3.05) is 12.4 Å². The summed E-state index contributed by atoms with van der Waals surface area (Å²) in [5.41, 5.74) is 1.71. The Morgan fingerprint density at radius 2 is 1.79 bits per heavy atom. The van der Waals surface area contributed by atoms with Gasteiger partial charge in [-0.1, -0.05) is 44.7 Å². The Balaban J connectivity index is 1.89. The van der Waals surface area contributed by atoms with Crippen molar-refractivity contribution in [2.45, 2.75) is 51.9 Å². The Hall–Kier alpha value is -0.630. The van der Waals surface area contributed by atoms with Crippen molar-refractivity contribution in [3.8, 4) is 5.75 Å². The van der Waals surface area contributed by atoms with Gasteiger partial charge in [-0.2, -0.15) is 12.6 Å². The first-order valence-corrected chi connectivity index (χ1v) is 8.24. The van der Waals surface area contributed by atoms with Gasteiger partial charge < -0.3 is 4.74 Å². The molecule has 0 atom stereocenters. The van der Waals surface area contributed by atoms with Gasteiger partial charge in [-0.25, -0.2) is 0 Å². The maximum atomic E-state index is 6.02. The molecule has 1 saturated carbocycles. The number of ether oxygens (including phenoxy) is 1. The number of benzene rings is 1. The van der Waals surface area contributed by atoms with Crippen molar-refractivity contribution in [2.24, 2.45) is 5.41 Å². The van der Waals surface area contributed by atoms with Crippen LogP contribution in [0.1, 0.15) is 51.0 Å². The van der Waals surface area contributed by atoms with Crippen molar-refractivity contribution in [3.63, 3.8) is 0 Å². The predicted molar refractivity (Wildman–Crippen MR) is 85.3 cm³/mol. The molecule has 0 amide bonds. The molecule has 1 aliphatic rings. The third-order valence-corrected chi connectivity index (χ3v) is 4.93. The summed E-state index contributed by atoms with van der Waals surface area (Å²) in [6.07, 6.45) is 8.93. The fourth-order valence-corrected chi connectivity index (χ4v) is 3.33. The number of rotatable bonds is 6. The monoisotopic (exact) mass is 278 g/mol. The minimum atomic E-state index is 0.309. The van der Waals surface area contributed by atoms with Crippen LogP contribution in [0.3, 0.4) is 0 Å². The molecule has 0 aliphatic heterocycles. The highest BCUT2D eigenvalue weighted by molar-refractivity contribution is 7.80. The smallest absolute Gasteiger partial charge is 0.119 e. The molecular formula is C17H26OS. The van der Waals surface area contributed by atoms with E-state index in [0.717, 1.165) is 24.5 Å². The van der Waals surface area contributed by atoms with Crippen molar-refractivity contribution in [1.29, 1.82) is 0 Å². The highest BCUT2D eigenvalue weighted by Gasteiger charge is 2.31. The summed E-state index contributed by atoms with van der Waals surface area (Å²) in [5.74, 6) is 1.95. The van der Waals surface area contributed by atoms with Crippen molar-refractivity contribution >= 4 is 12.6 Å². The van der Waals surface area contributed by atoms with Crippen LogP contribution in [-0.2, 0) is 6.42 Å². The van der Waals surface area contributed by atoms with E-state index in [-0.39, 0.29) is 0 Å². The highest BCUT2D eigenvalue weighted by atomic mass is 32.1. The zero-order valence-corrected chi connectivity index (χ0v) is 12.9. The molecule has 0 saturated heterocycles. The molecule has 0 aromatic heterocycles. The van der Waals surface area contributed by atoms with Crippen LogP contribution >= 0.6 is 12.6 Å². The normalized spacial score (nSPS) is 18.2. The van der Waals surface area contributed by atoms with Gasteiger partial charge in [-0.3, -0.25) is 0 Å². The average Bonchev–Trinajstić information content (AvgIpc) is 2.48. The molecule has 1 nitrogen and oxygen atoms in total. The van der Waals surface area contributed by atoms with Gasteiger partial charge in [0, 0.05) is 5.41 Å². The third kappa shape index (κ3) is 4.17. The lowest BCUT2D eigenvalue weighted by atomic mass is 9.76. The van der Waals surface area contributed by atoms with Crippen LogP contribution in [0.25, 0.3) is 0 Å². The second-order valence-corrected chi connectivity index (χ2v) is 6.22. The molecule has 1 aromatic carbocycles. The van der Waals surface area contributed by atoms with Gasteiger partial charge in [0.05, 0.1) is 6.61 Å². The molecule has 0 spiro atoms. The van der Waals surface area contributed by atoms with Gasteiger partial charge in [-0.05, 0) is 42.7 Å². The first kappa shape index (κ1) is 14.8. The average molecular weight is 278 g/mol. The van der Waals surface area contributed by atoms with Crippen LogP contribution in [0.5, 0.6) is 5.75 Å². The van der Waals surface area contributed by atoms with E-state index in [1.54, 1.807) is 0 Å². The Labute approximate surface area is 123 Å². The fourth-order valence-electron chi connectivity index (χ4n) is 2.93. The molecule has 1 aromatic rings. The zero-order valence-electron chi connectivity index (χ0n) is 12.0. The summed E-state index contributed by atoms with van der Waals surface area (Å²) in [6, 6.07) is 8.60. The van der Waals surface area contributed by atoms with E-state index in [9.17, 15) is 0 Å². The molecule has 106 valence electrons. The number of hydrogen-bond acceptors (Lipinski definition) is 2. The Morgan fingerprint density at radius 1 is 1.11 bits per heavy atom. The van der Waals surface area contributed by atoms with E-state index in [4.69, 9.17) is 4.74 Å². The van der Waals surface area contributed by atoms with Gasteiger partial charge in [0.1, 0.15) is 5.75 Å². The summed E-state index contributed by atoms with van der Waals surface area (Å²) in [4.78, 5) is 0. The molecule has 2 rings (SSSR count). The number of thiol groups is 1. The lowest BCUT2D eigenvalue weighted by Crippen LogP contribution is -2.32. The Morgan fingerprint density at radius 3 is 2.37 bits per heavy atom. The van der Waals surface area contributed by atoms with Crippen molar-refractivity contribution in [1.82, 2.24) is 0 Å². The fraction of sp³-hybridized carbons (Fsp3) is 0.647. The molecule has 0 bridgehead atoms. The van der Waals surface area contributed by atoms with Crippen molar-refractivity contribution in [3.05, 3.63) is 29.8 Å². The predicted octanol–water partition coefficient (Wildman–Crippen LogP) is 4.90. The molecular weight excluding hydrogens is 252 g/mol. The van der Waals surface area contributed by atoms with Crippen LogP contribution in [0.15, 0.2) is 24.3 Å².